The molecule has 2 aliphatic heterocycles. The third kappa shape index (κ3) is 2.31. The summed E-state index contributed by atoms with van der Waals surface area (Å²) >= 11 is 0. The highest BCUT2D eigenvalue weighted by atomic mass is 16.5. The predicted molar refractivity (Wildman–Crippen MR) is 81.7 cm³/mol. The number of amides is 1. The van der Waals surface area contributed by atoms with Crippen LogP contribution in [0.3, 0.4) is 0 Å². The van der Waals surface area contributed by atoms with Gasteiger partial charge in [0.15, 0.2) is 0 Å². The fourth-order valence-electron chi connectivity index (χ4n) is 3.50. The Hall–Kier alpha value is -2.14. The number of fused-ring (bicyclic) bond motifs is 2. The van der Waals surface area contributed by atoms with Crippen molar-refractivity contribution in [1.82, 2.24) is 0 Å². The number of nitrogens with one attached hydrogen (secondary N) is 1. The first-order valence-corrected chi connectivity index (χ1v) is 7.34. The van der Waals surface area contributed by atoms with Crippen LogP contribution in [0, 0.1) is 32.6 Å². The first kappa shape index (κ1) is 14.8. The lowest BCUT2D eigenvalue weighted by atomic mass is 9.82. The molecule has 3 rings (SSSR count). The summed E-state index contributed by atoms with van der Waals surface area (Å²) in [5, 5.41) is 12.3. The summed E-state index contributed by atoms with van der Waals surface area (Å²) in [6, 6.07) is 3.99. The molecule has 1 saturated heterocycles. The van der Waals surface area contributed by atoms with Crippen LogP contribution in [0.15, 0.2) is 24.3 Å². The van der Waals surface area contributed by atoms with E-state index in [0.29, 0.717) is 0 Å². The van der Waals surface area contributed by atoms with Gasteiger partial charge in [0.25, 0.3) is 0 Å². The molecule has 0 aromatic heterocycles. The zero-order chi connectivity index (χ0) is 16.0. The topological polar surface area (TPSA) is 75.6 Å². The molecule has 0 spiro atoms. The fraction of sp³-hybridized carbons (Fsp3) is 0.412. The lowest BCUT2D eigenvalue weighted by Crippen LogP contribution is -2.39. The zero-order valence-corrected chi connectivity index (χ0v) is 12.8. The Morgan fingerprint density at radius 1 is 1.05 bits per heavy atom. The van der Waals surface area contributed by atoms with Gasteiger partial charge in [-0.2, -0.15) is 0 Å². The minimum atomic E-state index is -0.991. The highest BCUT2D eigenvalue weighted by Crippen LogP contribution is 2.40. The van der Waals surface area contributed by atoms with Gasteiger partial charge in [-0.15, -0.1) is 0 Å². The van der Waals surface area contributed by atoms with E-state index in [1.807, 2.05) is 32.9 Å². The molecule has 1 fully saturated rings. The average molecular weight is 301 g/mol. The Morgan fingerprint density at radius 2 is 1.59 bits per heavy atom. The molecule has 22 heavy (non-hydrogen) atoms. The van der Waals surface area contributed by atoms with Crippen LogP contribution in [0.4, 0.5) is 5.69 Å². The highest BCUT2D eigenvalue weighted by Gasteiger charge is 2.53. The van der Waals surface area contributed by atoms with Gasteiger partial charge in [0, 0.05) is 5.69 Å². The molecule has 2 N–H and O–H groups in total. The predicted octanol–water partition coefficient (Wildman–Crippen LogP) is 2.20. The van der Waals surface area contributed by atoms with E-state index < -0.39 is 30.0 Å². The number of carbonyl (C=O) groups is 2. The number of hydrogen-bond acceptors (Lipinski definition) is 3. The van der Waals surface area contributed by atoms with Crippen LogP contribution in [-0.4, -0.2) is 29.2 Å². The summed E-state index contributed by atoms with van der Waals surface area (Å²) in [6.07, 6.45) is 2.56. The van der Waals surface area contributed by atoms with Crippen molar-refractivity contribution in [3.8, 4) is 0 Å². The number of benzene rings is 1. The number of aliphatic carboxylic acids is 1. The number of carbonyl (C=O) groups excluding carboxylic acids is 1. The number of carboxylic acids is 1. The van der Waals surface area contributed by atoms with E-state index in [0.717, 1.165) is 22.4 Å². The van der Waals surface area contributed by atoms with Crippen molar-refractivity contribution >= 4 is 17.6 Å². The van der Waals surface area contributed by atoms with Gasteiger partial charge >= 0.3 is 5.97 Å². The molecular formula is C17H19NO4. The van der Waals surface area contributed by atoms with Gasteiger partial charge in [-0.3, -0.25) is 9.59 Å². The Kier molecular flexibility index (Phi) is 3.53. The van der Waals surface area contributed by atoms with E-state index in [1.54, 1.807) is 12.2 Å². The molecule has 2 bridgehead atoms. The van der Waals surface area contributed by atoms with Crippen molar-refractivity contribution in [3.05, 3.63) is 41.0 Å². The van der Waals surface area contributed by atoms with Crippen molar-refractivity contribution in [2.24, 2.45) is 11.8 Å². The van der Waals surface area contributed by atoms with Crippen LogP contribution in [0.25, 0.3) is 0 Å². The first-order chi connectivity index (χ1) is 10.4. The Labute approximate surface area is 129 Å². The minimum absolute atomic E-state index is 0.292. The molecule has 5 nitrogen and oxygen atoms in total. The molecule has 4 atom stereocenters. The number of ether oxygens (including phenoxy) is 1. The first-order valence-electron chi connectivity index (χ1n) is 7.34. The van der Waals surface area contributed by atoms with E-state index in [9.17, 15) is 14.7 Å². The average Bonchev–Trinajstić information content (AvgIpc) is 3.02. The van der Waals surface area contributed by atoms with Crippen LogP contribution in [-0.2, 0) is 14.3 Å². The molecule has 0 unspecified atom stereocenters. The quantitative estimate of drug-likeness (QED) is 0.839. The summed E-state index contributed by atoms with van der Waals surface area (Å²) in [5.74, 6) is -2.79. The molecule has 5 heteroatoms. The van der Waals surface area contributed by atoms with E-state index in [2.05, 4.69) is 5.32 Å². The highest BCUT2D eigenvalue weighted by molar-refractivity contribution is 5.97. The summed E-state index contributed by atoms with van der Waals surface area (Å²) in [5.41, 5.74) is 3.82. The fourth-order valence-corrected chi connectivity index (χ4v) is 3.50. The molecule has 116 valence electrons. The van der Waals surface area contributed by atoms with Crippen LogP contribution in [0.5, 0.6) is 0 Å². The largest absolute Gasteiger partial charge is 0.481 e. The summed E-state index contributed by atoms with van der Waals surface area (Å²) in [7, 11) is 0. The van der Waals surface area contributed by atoms with Crippen molar-refractivity contribution in [1.29, 1.82) is 0 Å². The van der Waals surface area contributed by atoms with Gasteiger partial charge < -0.3 is 15.2 Å². The summed E-state index contributed by atoms with van der Waals surface area (Å²) < 4.78 is 5.54. The second-order valence-electron chi connectivity index (χ2n) is 6.10. The van der Waals surface area contributed by atoms with Crippen molar-refractivity contribution in [2.45, 2.75) is 33.0 Å². The van der Waals surface area contributed by atoms with E-state index in [4.69, 9.17) is 4.74 Å². The molecular weight excluding hydrogens is 282 g/mol. The van der Waals surface area contributed by atoms with Crippen LogP contribution in [0.1, 0.15) is 16.7 Å². The van der Waals surface area contributed by atoms with Gasteiger partial charge in [0.2, 0.25) is 5.91 Å². The number of aryl methyl sites for hydroxylation is 3. The molecule has 0 saturated carbocycles. The Morgan fingerprint density at radius 3 is 2.14 bits per heavy atom. The molecule has 2 heterocycles. The lowest BCUT2D eigenvalue weighted by molar-refractivity contribution is -0.145. The second-order valence-corrected chi connectivity index (χ2v) is 6.10. The van der Waals surface area contributed by atoms with Crippen LogP contribution in [0.2, 0.25) is 0 Å². The Balaban J connectivity index is 1.86. The van der Waals surface area contributed by atoms with Crippen molar-refractivity contribution in [3.63, 3.8) is 0 Å². The third-order valence-corrected chi connectivity index (χ3v) is 4.41. The van der Waals surface area contributed by atoms with E-state index in [1.165, 1.54) is 0 Å². The maximum Gasteiger partial charge on any atom is 0.310 e. The molecule has 0 aliphatic carbocycles. The van der Waals surface area contributed by atoms with Crippen LogP contribution >= 0.6 is 0 Å². The molecule has 1 aromatic rings. The van der Waals surface area contributed by atoms with Crippen molar-refractivity contribution < 1.29 is 19.4 Å². The standard InChI is InChI=1S/C17H19NO4/c1-8-6-9(2)15(10(3)7-8)18-16(19)13-11-4-5-12(22-11)14(13)17(20)21/h4-7,11-14H,1-3H3,(H,18,19)(H,20,21)/t11-,12+,13-,14+/m1/s1. The zero-order valence-electron chi connectivity index (χ0n) is 12.8. The molecule has 0 radical (unpaired) electrons. The molecule has 2 aliphatic rings. The normalized spacial score (nSPS) is 28.9. The molecule has 1 amide bonds. The van der Waals surface area contributed by atoms with Gasteiger partial charge in [-0.25, -0.2) is 0 Å². The molecule has 1 aromatic carbocycles. The maximum atomic E-state index is 12.6. The minimum Gasteiger partial charge on any atom is -0.481 e. The van der Waals surface area contributed by atoms with Gasteiger partial charge in [0.05, 0.1) is 18.1 Å². The van der Waals surface area contributed by atoms with Crippen LogP contribution < -0.4 is 5.32 Å². The third-order valence-electron chi connectivity index (χ3n) is 4.41. The number of carboxylic acid groups (broad SMARTS) is 1. The van der Waals surface area contributed by atoms with Gasteiger partial charge in [-0.05, 0) is 31.9 Å². The number of hydrogen-bond donors (Lipinski definition) is 2. The SMILES string of the molecule is Cc1cc(C)c(NC(=O)[C@H]2[C@@H](C(=O)O)[C@@H]3C=C[C@H]2O3)c(C)c1. The lowest BCUT2D eigenvalue weighted by Gasteiger charge is -2.22. The number of rotatable bonds is 3. The monoisotopic (exact) mass is 301 g/mol. The van der Waals surface area contributed by atoms with Gasteiger partial charge in [-0.1, -0.05) is 29.8 Å². The Bertz CT molecular complexity index is 656. The summed E-state index contributed by atoms with van der Waals surface area (Å²) in [6.45, 7) is 5.86. The van der Waals surface area contributed by atoms with E-state index >= 15 is 0 Å². The second kappa shape index (κ2) is 5.25. The van der Waals surface area contributed by atoms with E-state index in [-0.39, 0.29) is 5.91 Å². The van der Waals surface area contributed by atoms with Gasteiger partial charge in [0.1, 0.15) is 5.92 Å². The van der Waals surface area contributed by atoms with Crippen molar-refractivity contribution in [2.75, 3.05) is 5.32 Å². The summed E-state index contributed by atoms with van der Waals surface area (Å²) in [4.78, 5) is 24.1. The smallest absolute Gasteiger partial charge is 0.310 e. The maximum absolute atomic E-state index is 12.6. The number of anilines is 1.